The van der Waals surface area contributed by atoms with Gasteiger partial charge in [-0.05, 0) is 43.2 Å². The average Bonchev–Trinajstić information content (AvgIpc) is 3.39. The maximum absolute atomic E-state index is 14.5. The Labute approximate surface area is 238 Å². The van der Waals surface area contributed by atoms with Crippen LogP contribution in [0.4, 0.5) is 10.5 Å². The van der Waals surface area contributed by atoms with E-state index in [1.165, 1.54) is 4.90 Å². The Hall–Kier alpha value is -3.86. The van der Waals surface area contributed by atoms with E-state index < -0.39 is 22.6 Å². The highest BCUT2D eigenvalue weighted by Crippen LogP contribution is 2.47. The van der Waals surface area contributed by atoms with Gasteiger partial charge in [0.15, 0.2) is 0 Å². The highest BCUT2D eigenvalue weighted by atomic mass is 79.9. The number of nitrogens with zero attached hydrogens (tertiary/aromatic N) is 4. The molecule has 2 fully saturated rings. The van der Waals surface area contributed by atoms with Crippen molar-refractivity contribution in [3.8, 4) is 0 Å². The number of carbonyl (C=O) groups excluding carboxylic acids is 1. The number of piperidine rings is 1. The number of benzene rings is 2. The predicted molar refractivity (Wildman–Crippen MR) is 154 cm³/mol. The largest absolute Gasteiger partial charge is 0.465 e. The van der Waals surface area contributed by atoms with Crippen LogP contribution >= 0.6 is 15.9 Å². The van der Waals surface area contributed by atoms with E-state index in [9.17, 15) is 19.5 Å². The van der Waals surface area contributed by atoms with E-state index in [2.05, 4.69) is 46.6 Å². The second-order valence-electron chi connectivity index (χ2n) is 11.6. The second kappa shape index (κ2) is 9.36. The third kappa shape index (κ3) is 4.14. The number of rotatable bonds is 3. The fraction of sp³-hybridized carbons (Fsp3) is 0.379. The molecule has 208 valence electrons. The topological polar surface area (TPSA) is 123 Å². The van der Waals surface area contributed by atoms with Crippen molar-refractivity contribution in [3.63, 3.8) is 0 Å². The van der Waals surface area contributed by atoms with Crippen LogP contribution in [0.1, 0.15) is 39.4 Å². The van der Waals surface area contributed by atoms with Crippen molar-refractivity contribution in [1.82, 2.24) is 19.8 Å². The molecule has 2 N–H and O–H groups in total. The molecule has 0 radical (unpaired) electrons. The summed E-state index contributed by atoms with van der Waals surface area (Å²) < 4.78 is 6.62. The maximum atomic E-state index is 14.5. The minimum Gasteiger partial charge on any atom is -0.465 e. The molecular weight excluding hydrogens is 578 g/mol. The Morgan fingerprint density at radius 2 is 1.85 bits per heavy atom. The number of aromatic amines is 1. The molecule has 11 heteroatoms. The summed E-state index contributed by atoms with van der Waals surface area (Å²) in [7, 11) is 0. The number of aromatic nitrogens is 2. The SMILES string of the molecule is CC(C)(C)C1N(Cc2nc3c(oc4ccc(Br)cc43)c(=O)[nH]2)C(=O)C2(CCN(C(=O)O)CC2)N1c1ccccc1. The standard InChI is InChI=1S/C29H30BrN5O5/c1-28(2,3)25-34(16-21-31-22-19-15-17(30)9-10-20(19)40-23(22)24(36)32-21)26(37)29(11-13-33(14-12-29)27(38)39)35(25)18-7-5-4-6-8-18/h4-10,15,25H,11-14,16H2,1-3H3,(H,38,39)(H,31,32,36). The lowest BCUT2D eigenvalue weighted by Gasteiger charge is -2.47. The molecule has 2 aliphatic heterocycles. The van der Waals surface area contributed by atoms with Crippen LogP contribution in [0.3, 0.4) is 0 Å². The minimum atomic E-state index is -0.982. The summed E-state index contributed by atoms with van der Waals surface area (Å²) in [5, 5.41) is 10.3. The molecule has 10 nitrogen and oxygen atoms in total. The number of hydrogen-bond donors (Lipinski definition) is 2. The fourth-order valence-corrected chi connectivity index (χ4v) is 6.64. The van der Waals surface area contributed by atoms with E-state index in [1.54, 1.807) is 11.0 Å². The number of anilines is 1. The van der Waals surface area contributed by atoms with Gasteiger partial charge < -0.3 is 29.2 Å². The Bertz CT molecular complexity index is 1680. The summed E-state index contributed by atoms with van der Waals surface area (Å²) >= 11 is 3.48. The number of likely N-dealkylation sites (tertiary alicyclic amines) is 1. The first-order chi connectivity index (χ1) is 19.0. The van der Waals surface area contributed by atoms with E-state index >= 15 is 0 Å². The molecule has 2 aromatic carbocycles. The predicted octanol–water partition coefficient (Wildman–Crippen LogP) is 5.17. The molecule has 40 heavy (non-hydrogen) atoms. The number of amides is 2. The molecule has 2 amide bonds. The van der Waals surface area contributed by atoms with Gasteiger partial charge in [0.05, 0.1) is 6.54 Å². The number of carboxylic acid groups (broad SMARTS) is 1. The van der Waals surface area contributed by atoms with E-state index in [0.29, 0.717) is 35.2 Å². The highest BCUT2D eigenvalue weighted by molar-refractivity contribution is 9.10. The molecular formula is C29H30BrN5O5. The van der Waals surface area contributed by atoms with E-state index in [4.69, 9.17) is 9.40 Å². The first-order valence-corrected chi connectivity index (χ1v) is 14.0. The van der Waals surface area contributed by atoms with Gasteiger partial charge in [-0.1, -0.05) is 54.9 Å². The van der Waals surface area contributed by atoms with Gasteiger partial charge in [-0.3, -0.25) is 9.59 Å². The van der Waals surface area contributed by atoms with Crippen molar-refractivity contribution in [2.24, 2.45) is 5.41 Å². The molecule has 2 saturated heterocycles. The molecule has 0 aliphatic carbocycles. The van der Waals surface area contributed by atoms with Gasteiger partial charge >= 0.3 is 6.09 Å². The van der Waals surface area contributed by atoms with Crippen LogP contribution in [0.25, 0.3) is 22.1 Å². The monoisotopic (exact) mass is 607 g/mol. The van der Waals surface area contributed by atoms with Gasteiger partial charge in [0.25, 0.3) is 11.5 Å². The van der Waals surface area contributed by atoms with Crippen molar-refractivity contribution in [3.05, 3.63) is 69.2 Å². The summed E-state index contributed by atoms with van der Waals surface area (Å²) in [5.41, 5.74) is 0.302. The molecule has 2 aliphatic rings. The number of carbonyl (C=O) groups is 2. The van der Waals surface area contributed by atoms with Crippen LogP contribution in [0, 0.1) is 5.41 Å². The van der Waals surface area contributed by atoms with Crippen LogP contribution in [0.2, 0.25) is 0 Å². The zero-order valence-corrected chi connectivity index (χ0v) is 24.1. The van der Waals surface area contributed by atoms with Crippen LogP contribution in [-0.4, -0.2) is 61.7 Å². The number of furan rings is 1. The Morgan fingerprint density at radius 1 is 1.15 bits per heavy atom. The first-order valence-electron chi connectivity index (χ1n) is 13.2. The Kier molecular flexibility index (Phi) is 6.17. The molecule has 1 atom stereocenters. The van der Waals surface area contributed by atoms with E-state index in [-0.39, 0.29) is 37.3 Å². The summed E-state index contributed by atoms with van der Waals surface area (Å²) in [6.45, 7) is 6.84. The molecule has 4 aromatic rings. The number of fused-ring (bicyclic) bond motifs is 3. The van der Waals surface area contributed by atoms with Gasteiger partial charge in [0.2, 0.25) is 5.58 Å². The molecule has 1 spiro atoms. The highest BCUT2D eigenvalue weighted by Gasteiger charge is 2.61. The molecule has 1 unspecified atom stereocenters. The van der Waals surface area contributed by atoms with Gasteiger partial charge in [-0.2, -0.15) is 0 Å². The zero-order valence-electron chi connectivity index (χ0n) is 22.5. The third-order valence-electron chi connectivity index (χ3n) is 7.98. The molecule has 0 saturated carbocycles. The summed E-state index contributed by atoms with van der Waals surface area (Å²) in [4.78, 5) is 52.3. The van der Waals surface area contributed by atoms with Gasteiger partial charge in [0.1, 0.15) is 28.6 Å². The van der Waals surface area contributed by atoms with Crippen LogP contribution < -0.4 is 10.5 Å². The third-order valence-corrected chi connectivity index (χ3v) is 8.48. The summed E-state index contributed by atoms with van der Waals surface area (Å²) in [6, 6.07) is 15.3. The molecule has 4 heterocycles. The van der Waals surface area contributed by atoms with Crippen molar-refractivity contribution in [2.75, 3.05) is 18.0 Å². The molecule has 2 aromatic heterocycles. The smallest absolute Gasteiger partial charge is 0.407 e. The fourth-order valence-electron chi connectivity index (χ4n) is 6.28. The summed E-state index contributed by atoms with van der Waals surface area (Å²) in [6.07, 6.45) is -0.640. The van der Waals surface area contributed by atoms with Crippen LogP contribution in [0.15, 0.2) is 62.2 Å². The van der Waals surface area contributed by atoms with Crippen molar-refractivity contribution >= 4 is 55.7 Å². The number of H-pyrrole nitrogens is 1. The maximum Gasteiger partial charge on any atom is 0.407 e. The lowest BCUT2D eigenvalue weighted by Crippen LogP contribution is -2.59. The van der Waals surface area contributed by atoms with Gasteiger partial charge in [-0.15, -0.1) is 0 Å². The van der Waals surface area contributed by atoms with Crippen LogP contribution in [0.5, 0.6) is 0 Å². The van der Waals surface area contributed by atoms with E-state index in [1.807, 2.05) is 42.5 Å². The lowest BCUT2D eigenvalue weighted by molar-refractivity contribution is -0.136. The summed E-state index contributed by atoms with van der Waals surface area (Å²) in [5.74, 6) is 0.264. The molecule has 6 rings (SSSR count). The number of halogens is 1. The number of nitrogens with one attached hydrogen (secondary N) is 1. The zero-order chi connectivity index (χ0) is 28.4. The normalized spacial score (nSPS) is 19.4. The number of hydrogen-bond acceptors (Lipinski definition) is 6. The average molecular weight is 608 g/mol. The minimum absolute atomic E-state index is 0.0837. The van der Waals surface area contributed by atoms with Crippen molar-refractivity contribution in [2.45, 2.75) is 51.9 Å². The Morgan fingerprint density at radius 3 is 2.50 bits per heavy atom. The van der Waals surface area contributed by atoms with E-state index in [0.717, 1.165) is 10.2 Å². The van der Waals surface area contributed by atoms with Crippen LogP contribution in [-0.2, 0) is 11.3 Å². The van der Waals surface area contributed by atoms with Gasteiger partial charge in [0, 0.05) is 34.1 Å². The van der Waals surface area contributed by atoms with Crippen molar-refractivity contribution in [1.29, 1.82) is 0 Å². The quantitative estimate of drug-likeness (QED) is 0.329. The first kappa shape index (κ1) is 26.4. The lowest BCUT2D eigenvalue weighted by atomic mass is 9.84. The van der Waals surface area contributed by atoms with Crippen molar-refractivity contribution < 1.29 is 19.1 Å². The van der Waals surface area contributed by atoms with Gasteiger partial charge in [-0.25, -0.2) is 9.78 Å². The number of para-hydroxylation sites is 1. The molecule has 0 bridgehead atoms. The Balaban J connectivity index is 1.47. The second-order valence-corrected chi connectivity index (χ2v) is 12.5.